The van der Waals surface area contributed by atoms with Crippen molar-refractivity contribution < 1.29 is 33.4 Å². The number of esters is 1. The predicted octanol–water partition coefficient (Wildman–Crippen LogP) is 2.03. The largest absolute Gasteiger partial charge is 0.467 e. The molecule has 0 saturated carbocycles. The topological polar surface area (TPSA) is 127 Å². The molecule has 11 nitrogen and oxygen atoms in total. The Balaban J connectivity index is 2.19. The fourth-order valence-corrected chi connectivity index (χ4v) is 6.09. The smallest absolute Gasteiger partial charge is 0.328 e. The summed E-state index contributed by atoms with van der Waals surface area (Å²) in [5.41, 5.74) is 0.892. The van der Waals surface area contributed by atoms with Gasteiger partial charge in [0, 0.05) is 34.2 Å². The summed E-state index contributed by atoms with van der Waals surface area (Å²) in [7, 11) is 7.88. The summed E-state index contributed by atoms with van der Waals surface area (Å²) in [6, 6.07) is 7.93. The van der Waals surface area contributed by atoms with Gasteiger partial charge in [-0.15, -0.1) is 0 Å². The first-order chi connectivity index (χ1) is 20.5. The van der Waals surface area contributed by atoms with Crippen LogP contribution in [0.2, 0.25) is 0 Å². The first kappa shape index (κ1) is 36.2. The van der Waals surface area contributed by atoms with Crippen molar-refractivity contribution in [3.63, 3.8) is 0 Å². The number of hydrogen-bond acceptors (Lipinski definition) is 8. The molecule has 1 aromatic carbocycles. The average Bonchev–Trinajstić information content (AvgIpc) is 3.50. The first-order valence-corrected chi connectivity index (χ1v) is 15.2. The van der Waals surface area contributed by atoms with E-state index in [0.717, 1.165) is 18.4 Å². The Hall–Kier alpha value is -3.02. The van der Waals surface area contributed by atoms with E-state index < -0.39 is 30.1 Å². The number of benzene rings is 1. The van der Waals surface area contributed by atoms with Gasteiger partial charge in [0.25, 0.3) is 0 Å². The van der Waals surface area contributed by atoms with Gasteiger partial charge in [-0.2, -0.15) is 0 Å². The first-order valence-electron chi connectivity index (χ1n) is 15.2. The Labute approximate surface area is 257 Å². The van der Waals surface area contributed by atoms with Crippen LogP contribution in [0, 0.1) is 11.8 Å². The van der Waals surface area contributed by atoms with Crippen LogP contribution in [0.5, 0.6) is 0 Å². The summed E-state index contributed by atoms with van der Waals surface area (Å²) in [6.45, 7) is 6.60. The van der Waals surface area contributed by atoms with Crippen molar-refractivity contribution in [3.05, 3.63) is 35.9 Å². The molecule has 2 N–H and O–H groups in total. The normalized spacial score (nSPS) is 19.1. The highest BCUT2D eigenvalue weighted by Crippen LogP contribution is 2.29. The maximum absolute atomic E-state index is 13.8. The Kier molecular flexibility index (Phi) is 15.1. The summed E-state index contributed by atoms with van der Waals surface area (Å²) in [4.78, 5) is 56.0. The highest BCUT2D eigenvalue weighted by molar-refractivity contribution is 5.86. The number of likely N-dealkylation sites (tertiary alicyclic amines) is 1. The molecule has 0 radical (unpaired) electrons. The van der Waals surface area contributed by atoms with Crippen molar-refractivity contribution in [2.45, 2.75) is 83.2 Å². The number of carbonyl (C=O) groups excluding carboxylic acids is 4. The van der Waals surface area contributed by atoms with E-state index >= 15 is 0 Å². The van der Waals surface area contributed by atoms with Crippen LogP contribution < -0.4 is 10.6 Å². The van der Waals surface area contributed by atoms with E-state index in [2.05, 4.69) is 24.5 Å². The molecule has 0 spiro atoms. The molecule has 1 aromatic rings. The Morgan fingerprint density at radius 3 is 2.30 bits per heavy atom. The van der Waals surface area contributed by atoms with Gasteiger partial charge in [-0.25, -0.2) is 4.79 Å². The van der Waals surface area contributed by atoms with Gasteiger partial charge in [0.05, 0.1) is 50.3 Å². The van der Waals surface area contributed by atoms with Crippen molar-refractivity contribution in [2.24, 2.45) is 11.8 Å². The second kappa shape index (κ2) is 17.9. The summed E-state index contributed by atoms with van der Waals surface area (Å²) in [5, 5.41) is 5.75. The molecule has 1 heterocycles. The van der Waals surface area contributed by atoms with Crippen molar-refractivity contribution in [3.8, 4) is 0 Å². The third kappa shape index (κ3) is 9.74. The third-order valence-corrected chi connectivity index (χ3v) is 8.72. The summed E-state index contributed by atoms with van der Waals surface area (Å²) in [6.07, 6.45) is 1.56. The van der Waals surface area contributed by atoms with E-state index in [1.165, 1.54) is 14.2 Å². The number of nitrogens with zero attached hydrogens (tertiary/aromatic N) is 2. The van der Waals surface area contributed by atoms with Gasteiger partial charge in [-0.3, -0.25) is 14.4 Å². The highest BCUT2D eigenvalue weighted by atomic mass is 16.5. The minimum Gasteiger partial charge on any atom is -0.467 e. The molecule has 0 aromatic heterocycles. The number of carbonyl (C=O) groups is 4. The maximum atomic E-state index is 13.8. The van der Waals surface area contributed by atoms with Crippen LogP contribution >= 0.6 is 0 Å². The molecule has 0 bridgehead atoms. The quantitative estimate of drug-likeness (QED) is 0.259. The zero-order valence-electron chi connectivity index (χ0n) is 27.1. The monoisotopic (exact) mass is 604 g/mol. The van der Waals surface area contributed by atoms with Crippen LogP contribution in [0.4, 0.5) is 0 Å². The molecule has 1 saturated heterocycles. The number of amides is 3. The molecule has 0 unspecified atom stereocenters. The van der Waals surface area contributed by atoms with Crippen LogP contribution in [0.25, 0.3) is 0 Å². The fraction of sp³-hybridized carbons (Fsp3) is 0.688. The van der Waals surface area contributed by atoms with Gasteiger partial charge in [0.15, 0.2) is 0 Å². The van der Waals surface area contributed by atoms with E-state index in [9.17, 15) is 19.2 Å². The Bertz CT molecular complexity index is 1040. The van der Waals surface area contributed by atoms with E-state index in [4.69, 9.17) is 14.2 Å². The average molecular weight is 605 g/mol. The lowest BCUT2D eigenvalue weighted by Gasteiger charge is -2.39. The number of methoxy groups -OCH3 is 3. The number of rotatable bonds is 17. The molecule has 7 atom stereocenters. The fourth-order valence-electron chi connectivity index (χ4n) is 6.09. The molecular weight excluding hydrogens is 552 g/mol. The minimum atomic E-state index is -0.858. The number of ether oxygens (including phenoxy) is 3. The van der Waals surface area contributed by atoms with Crippen molar-refractivity contribution >= 4 is 23.7 Å². The Morgan fingerprint density at radius 2 is 1.74 bits per heavy atom. The molecule has 242 valence electrons. The molecule has 3 amide bonds. The second-order valence-electron chi connectivity index (χ2n) is 11.4. The minimum absolute atomic E-state index is 0.0712. The zero-order valence-corrected chi connectivity index (χ0v) is 27.1. The van der Waals surface area contributed by atoms with E-state index in [-0.39, 0.29) is 48.7 Å². The van der Waals surface area contributed by atoms with Gasteiger partial charge < -0.3 is 34.6 Å². The lowest BCUT2D eigenvalue weighted by Crippen LogP contribution is -2.54. The van der Waals surface area contributed by atoms with Crippen LogP contribution in [-0.4, -0.2) is 112 Å². The van der Waals surface area contributed by atoms with E-state index in [1.54, 1.807) is 37.9 Å². The van der Waals surface area contributed by atoms with Gasteiger partial charge in [-0.05, 0) is 31.4 Å². The second-order valence-corrected chi connectivity index (χ2v) is 11.4. The molecule has 1 aliphatic heterocycles. The molecule has 2 rings (SSSR count). The molecule has 1 fully saturated rings. The van der Waals surface area contributed by atoms with Gasteiger partial charge in [0.1, 0.15) is 6.04 Å². The molecule has 43 heavy (non-hydrogen) atoms. The maximum Gasteiger partial charge on any atom is 0.328 e. The lowest BCUT2D eigenvalue weighted by atomic mass is 9.90. The molecule has 11 heteroatoms. The number of likely N-dealkylation sites (N-methyl/N-ethyl adjacent to an activating group) is 2. The highest BCUT2D eigenvalue weighted by Gasteiger charge is 2.42. The Morgan fingerprint density at radius 1 is 1.07 bits per heavy atom. The standard InChI is InChI=1S/C32H52N4O7/c1-9-21(2)29(35(5)28(38)20-33-4)26(41-6)19-27(37)36-17-13-16-25(36)30(42-7)22(3)31(39)34-24(32(40)43-8)18-23-14-11-10-12-15-23/h10-12,14-15,21-22,24-26,29-30,33H,9,13,16-20H2,1-8H3,(H,34,39)/t21-,22+,24-,25-,26+,29-,30+/m0/s1. The van der Waals surface area contributed by atoms with E-state index in [1.807, 2.05) is 30.3 Å². The predicted molar refractivity (Wildman–Crippen MR) is 164 cm³/mol. The molecule has 0 aliphatic carbocycles. The summed E-state index contributed by atoms with van der Waals surface area (Å²) >= 11 is 0. The molecular formula is C32H52N4O7. The van der Waals surface area contributed by atoms with Crippen LogP contribution in [0.1, 0.15) is 52.0 Å². The van der Waals surface area contributed by atoms with Crippen molar-refractivity contribution in [2.75, 3.05) is 48.5 Å². The van der Waals surface area contributed by atoms with Gasteiger partial charge >= 0.3 is 5.97 Å². The van der Waals surface area contributed by atoms with Crippen molar-refractivity contribution in [1.29, 1.82) is 0 Å². The summed E-state index contributed by atoms with van der Waals surface area (Å²) < 4.78 is 16.7. The van der Waals surface area contributed by atoms with E-state index in [0.29, 0.717) is 19.4 Å². The number of hydrogen-bond donors (Lipinski definition) is 2. The van der Waals surface area contributed by atoms with Crippen molar-refractivity contribution in [1.82, 2.24) is 20.4 Å². The number of nitrogens with one attached hydrogen (secondary N) is 2. The van der Waals surface area contributed by atoms with Gasteiger partial charge in [-0.1, -0.05) is 57.5 Å². The summed E-state index contributed by atoms with van der Waals surface area (Å²) in [5.74, 6) is -1.61. The van der Waals surface area contributed by atoms with Crippen LogP contribution in [-0.2, 0) is 39.8 Å². The lowest BCUT2D eigenvalue weighted by molar-refractivity contribution is -0.148. The zero-order chi connectivity index (χ0) is 32.1. The SMILES string of the molecule is CC[C@H](C)[C@@H]([C@@H](CC(=O)N1CCC[C@H]1[C@H](OC)[C@@H](C)C(=O)N[C@@H](Cc1ccccc1)C(=O)OC)OC)N(C)C(=O)CNC. The van der Waals surface area contributed by atoms with Crippen LogP contribution in [0.3, 0.4) is 0 Å². The van der Waals surface area contributed by atoms with Gasteiger partial charge in [0.2, 0.25) is 17.7 Å². The molecule has 1 aliphatic rings. The third-order valence-electron chi connectivity index (χ3n) is 8.72. The van der Waals surface area contributed by atoms with Crippen LogP contribution in [0.15, 0.2) is 30.3 Å².